The summed E-state index contributed by atoms with van der Waals surface area (Å²) in [6.45, 7) is 9.91. The molecule has 8 nitrogen and oxygen atoms in total. The third-order valence-electron chi connectivity index (χ3n) is 6.13. The zero-order valence-corrected chi connectivity index (χ0v) is 18.7. The summed E-state index contributed by atoms with van der Waals surface area (Å²) in [4.78, 5) is 40.9. The van der Waals surface area contributed by atoms with Crippen LogP contribution in [0, 0.1) is 26.7 Å². The molecule has 1 N–H and O–H groups in total. The zero-order valence-electron chi connectivity index (χ0n) is 18.7. The molecule has 8 heteroatoms. The molecule has 0 radical (unpaired) electrons. The highest BCUT2D eigenvalue weighted by Crippen LogP contribution is 2.28. The van der Waals surface area contributed by atoms with Crippen LogP contribution < -0.4 is 15.1 Å². The average Bonchev–Trinajstić information content (AvgIpc) is 3.13. The van der Waals surface area contributed by atoms with E-state index in [1.165, 1.54) is 0 Å². The number of anilines is 3. The van der Waals surface area contributed by atoms with Crippen molar-refractivity contribution in [3.8, 4) is 0 Å². The number of nitrogens with zero attached hydrogens (tertiary/aromatic N) is 5. The molecule has 2 fully saturated rings. The number of nitrogens with one attached hydrogen (secondary N) is 1. The molecule has 0 saturated carbocycles. The van der Waals surface area contributed by atoms with Crippen molar-refractivity contribution >= 4 is 29.1 Å². The standard InChI is InChI=1S/C23H30N6O2/c1-15-5-7-19(8-6-15)29-14-18(13-20(29)30)22(31)26-21-16(2)24-23(25-17(21)3)28-11-9-27(4)10-12-28/h5-8,18H,9-14H2,1-4H3,(H,26,31). The Morgan fingerprint density at radius 2 is 1.61 bits per heavy atom. The lowest BCUT2D eigenvalue weighted by atomic mass is 10.1. The van der Waals surface area contributed by atoms with Crippen LogP contribution in [0.4, 0.5) is 17.3 Å². The largest absolute Gasteiger partial charge is 0.338 e. The summed E-state index contributed by atoms with van der Waals surface area (Å²) in [5.74, 6) is 0.122. The maximum Gasteiger partial charge on any atom is 0.229 e. The minimum Gasteiger partial charge on any atom is -0.338 e. The van der Waals surface area contributed by atoms with E-state index in [1.54, 1.807) is 4.90 Å². The molecule has 1 aromatic heterocycles. The van der Waals surface area contributed by atoms with Gasteiger partial charge in [-0.1, -0.05) is 17.7 Å². The Bertz CT molecular complexity index is 959. The molecule has 2 aromatic rings. The minimum atomic E-state index is -0.398. The summed E-state index contributed by atoms with van der Waals surface area (Å²) in [6.07, 6.45) is 0.206. The van der Waals surface area contributed by atoms with Gasteiger partial charge in [-0.05, 0) is 40.0 Å². The summed E-state index contributed by atoms with van der Waals surface area (Å²) >= 11 is 0. The van der Waals surface area contributed by atoms with Crippen molar-refractivity contribution in [3.63, 3.8) is 0 Å². The summed E-state index contributed by atoms with van der Waals surface area (Å²) in [6, 6.07) is 7.80. The summed E-state index contributed by atoms with van der Waals surface area (Å²) in [5, 5.41) is 2.99. The Kier molecular flexibility index (Phi) is 5.91. The number of hydrogen-bond acceptors (Lipinski definition) is 6. The molecule has 2 aliphatic heterocycles. The van der Waals surface area contributed by atoms with Crippen LogP contribution in [0.25, 0.3) is 0 Å². The topological polar surface area (TPSA) is 81.7 Å². The molecule has 2 amide bonds. The number of amides is 2. The third kappa shape index (κ3) is 4.54. The van der Waals surface area contributed by atoms with Gasteiger partial charge in [0.05, 0.1) is 23.0 Å². The van der Waals surface area contributed by atoms with E-state index in [1.807, 2.05) is 45.0 Å². The van der Waals surface area contributed by atoms with Crippen LogP contribution in [0.1, 0.15) is 23.4 Å². The number of carbonyl (C=O) groups excluding carboxylic acids is 2. The van der Waals surface area contributed by atoms with Crippen molar-refractivity contribution in [2.45, 2.75) is 27.2 Å². The molecule has 2 aliphatic rings. The molecule has 1 unspecified atom stereocenters. The molecule has 3 heterocycles. The SMILES string of the molecule is Cc1ccc(N2CC(C(=O)Nc3c(C)nc(N4CCN(C)CC4)nc3C)CC2=O)cc1. The normalized spacial score (nSPS) is 19.7. The van der Waals surface area contributed by atoms with Gasteiger partial charge >= 0.3 is 0 Å². The lowest BCUT2D eigenvalue weighted by Crippen LogP contribution is -2.45. The van der Waals surface area contributed by atoms with E-state index in [-0.39, 0.29) is 18.2 Å². The summed E-state index contributed by atoms with van der Waals surface area (Å²) in [7, 11) is 2.11. The highest BCUT2D eigenvalue weighted by Gasteiger charge is 2.35. The predicted molar refractivity (Wildman–Crippen MR) is 121 cm³/mol. The van der Waals surface area contributed by atoms with Crippen molar-refractivity contribution in [2.75, 3.05) is 54.9 Å². The number of aryl methyl sites for hydroxylation is 3. The van der Waals surface area contributed by atoms with Gasteiger partial charge in [-0.15, -0.1) is 0 Å². The lowest BCUT2D eigenvalue weighted by Gasteiger charge is -2.32. The van der Waals surface area contributed by atoms with Crippen LogP contribution in [0.15, 0.2) is 24.3 Å². The van der Waals surface area contributed by atoms with Gasteiger partial charge in [-0.2, -0.15) is 0 Å². The second-order valence-electron chi connectivity index (χ2n) is 8.59. The van der Waals surface area contributed by atoms with E-state index in [2.05, 4.69) is 32.1 Å². The maximum absolute atomic E-state index is 13.0. The molecule has 2 saturated heterocycles. The van der Waals surface area contributed by atoms with E-state index in [0.29, 0.717) is 18.2 Å². The molecule has 164 valence electrons. The molecule has 1 atom stereocenters. The molecule has 31 heavy (non-hydrogen) atoms. The first-order chi connectivity index (χ1) is 14.8. The highest BCUT2D eigenvalue weighted by atomic mass is 16.2. The van der Waals surface area contributed by atoms with Crippen molar-refractivity contribution in [1.82, 2.24) is 14.9 Å². The van der Waals surface area contributed by atoms with Crippen molar-refractivity contribution < 1.29 is 9.59 Å². The first-order valence-electron chi connectivity index (χ1n) is 10.8. The van der Waals surface area contributed by atoms with Crippen LogP contribution >= 0.6 is 0 Å². The van der Waals surface area contributed by atoms with Crippen molar-refractivity contribution in [2.24, 2.45) is 5.92 Å². The van der Waals surface area contributed by atoms with Gasteiger partial charge in [-0.3, -0.25) is 9.59 Å². The maximum atomic E-state index is 13.0. The van der Waals surface area contributed by atoms with E-state index in [0.717, 1.165) is 48.8 Å². The average molecular weight is 423 g/mol. The van der Waals surface area contributed by atoms with E-state index >= 15 is 0 Å². The fourth-order valence-electron chi connectivity index (χ4n) is 4.11. The molecule has 0 bridgehead atoms. The predicted octanol–water partition coefficient (Wildman–Crippen LogP) is 2.15. The summed E-state index contributed by atoms with van der Waals surface area (Å²) in [5.41, 5.74) is 4.10. The van der Waals surface area contributed by atoms with Crippen molar-refractivity contribution in [3.05, 3.63) is 41.2 Å². The van der Waals surface area contributed by atoms with Crippen LogP contribution in [-0.4, -0.2) is 66.5 Å². The summed E-state index contributed by atoms with van der Waals surface area (Å²) < 4.78 is 0. The number of hydrogen-bond donors (Lipinski definition) is 1. The Morgan fingerprint density at radius 1 is 1.00 bits per heavy atom. The monoisotopic (exact) mass is 422 g/mol. The van der Waals surface area contributed by atoms with Crippen LogP contribution in [0.2, 0.25) is 0 Å². The lowest BCUT2D eigenvalue weighted by molar-refractivity contribution is -0.122. The molecule has 0 spiro atoms. The minimum absolute atomic E-state index is 0.0286. The van der Waals surface area contributed by atoms with Gasteiger partial charge in [0.1, 0.15) is 0 Å². The quantitative estimate of drug-likeness (QED) is 0.813. The first kappa shape index (κ1) is 21.2. The fourth-order valence-corrected chi connectivity index (χ4v) is 4.11. The number of rotatable bonds is 4. The highest BCUT2D eigenvalue weighted by molar-refractivity contribution is 6.03. The Morgan fingerprint density at radius 3 is 2.23 bits per heavy atom. The molecule has 1 aromatic carbocycles. The third-order valence-corrected chi connectivity index (χ3v) is 6.13. The number of carbonyl (C=O) groups is 2. The Hall–Kier alpha value is -3.00. The van der Waals surface area contributed by atoms with E-state index in [4.69, 9.17) is 0 Å². The van der Waals surface area contributed by atoms with Gasteiger partial charge in [-0.25, -0.2) is 9.97 Å². The second kappa shape index (κ2) is 8.63. The van der Waals surface area contributed by atoms with E-state index in [9.17, 15) is 9.59 Å². The Labute approximate surface area is 183 Å². The van der Waals surface area contributed by atoms with Gasteiger partial charge in [0, 0.05) is 44.8 Å². The number of piperazine rings is 1. The second-order valence-corrected chi connectivity index (χ2v) is 8.59. The van der Waals surface area contributed by atoms with Gasteiger partial charge < -0.3 is 20.0 Å². The smallest absolute Gasteiger partial charge is 0.229 e. The molecular weight excluding hydrogens is 392 g/mol. The van der Waals surface area contributed by atoms with Crippen LogP contribution in [0.3, 0.4) is 0 Å². The number of aromatic nitrogens is 2. The number of likely N-dealkylation sites (N-methyl/N-ethyl adjacent to an activating group) is 1. The van der Waals surface area contributed by atoms with Crippen LogP contribution in [-0.2, 0) is 9.59 Å². The fraction of sp³-hybridized carbons (Fsp3) is 0.478. The molecular formula is C23H30N6O2. The van der Waals surface area contributed by atoms with Gasteiger partial charge in [0.2, 0.25) is 17.8 Å². The van der Waals surface area contributed by atoms with Crippen molar-refractivity contribution in [1.29, 1.82) is 0 Å². The van der Waals surface area contributed by atoms with Gasteiger partial charge in [0.15, 0.2) is 0 Å². The first-order valence-corrected chi connectivity index (χ1v) is 10.8. The van der Waals surface area contributed by atoms with Gasteiger partial charge in [0.25, 0.3) is 0 Å². The Balaban J connectivity index is 1.45. The number of benzene rings is 1. The van der Waals surface area contributed by atoms with E-state index < -0.39 is 5.92 Å². The van der Waals surface area contributed by atoms with Crippen LogP contribution in [0.5, 0.6) is 0 Å². The zero-order chi connectivity index (χ0) is 22.1. The molecule has 4 rings (SSSR count). The molecule has 0 aliphatic carbocycles.